The number of rotatable bonds is 3. The summed E-state index contributed by atoms with van der Waals surface area (Å²) in [6.45, 7) is 6.40. The first kappa shape index (κ1) is 15.2. The van der Waals surface area contributed by atoms with Crippen LogP contribution in [0.1, 0.15) is 68.2 Å². The van der Waals surface area contributed by atoms with Gasteiger partial charge in [-0.3, -0.25) is 4.79 Å². The van der Waals surface area contributed by atoms with Gasteiger partial charge in [0.1, 0.15) is 0 Å². The molecule has 0 radical (unpaired) electrons. The highest BCUT2D eigenvalue weighted by atomic mass is 16.2. The summed E-state index contributed by atoms with van der Waals surface area (Å²) < 4.78 is 0. The molecule has 0 aromatic heterocycles. The van der Waals surface area contributed by atoms with Crippen molar-refractivity contribution in [2.24, 2.45) is 23.2 Å². The lowest BCUT2D eigenvalue weighted by atomic mass is 9.49. The summed E-state index contributed by atoms with van der Waals surface area (Å²) in [5, 5.41) is 3.38. The van der Waals surface area contributed by atoms with Crippen LogP contribution in [0, 0.1) is 37.0 Å². The number of aryl methyl sites for hydroxylation is 2. The highest BCUT2D eigenvalue weighted by Gasteiger charge is 2.54. The van der Waals surface area contributed by atoms with Gasteiger partial charge in [-0.05, 0) is 88.2 Å². The van der Waals surface area contributed by atoms with Crippen molar-refractivity contribution in [2.75, 3.05) is 0 Å². The van der Waals surface area contributed by atoms with Crippen molar-refractivity contribution < 1.29 is 4.79 Å². The second-order valence-corrected chi connectivity index (χ2v) is 8.75. The maximum atomic E-state index is 13.2. The van der Waals surface area contributed by atoms with E-state index in [1.165, 1.54) is 36.0 Å². The Hall–Kier alpha value is -1.31. The molecule has 1 N–H and O–H groups in total. The Morgan fingerprint density at radius 3 is 2.22 bits per heavy atom. The van der Waals surface area contributed by atoms with Gasteiger partial charge in [0.2, 0.25) is 5.91 Å². The van der Waals surface area contributed by atoms with Crippen molar-refractivity contribution in [1.29, 1.82) is 0 Å². The van der Waals surface area contributed by atoms with Crippen molar-refractivity contribution in [2.45, 2.75) is 65.3 Å². The monoisotopic (exact) mass is 311 g/mol. The van der Waals surface area contributed by atoms with Crippen LogP contribution in [0.4, 0.5) is 0 Å². The van der Waals surface area contributed by atoms with E-state index in [1.807, 2.05) is 0 Å². The predicted octanol–water partition coefficient (Wildman–Crippen LogP) is 4.70. The molecule has 0 heterocycles. The van der Waals surface area contributed by atoms with Gasteiger partial charge in [0.05, 0.1) is 6.04 Å². The van der Waals surface area contributed by atoms with Gasteiger partial charge >= 0.3 is 0 Å². The van der Waals surface area contributed by atoms with Crippen LogP contribution in [0.5, 0.6) is 0 Å². The molecule has 1 amide bonds. The zero-order valence-corrected chi connectivity index (χ0v) is 14.7. The SMILES string of the molecule is Cc1ccc(C)c([C@@H](C)NC(=O)C23CC4CC(CC(C4)C2)C3)c1. The molecule has 2 nitrogen and oxygen atoms in total. The maximum Gasteiger partial charge on any atom is 0.226 e. The molecule has 5 rings (SSSR count). The molecule has 0 spiro atoms. The van der Waals surface area contributed by atoms with Crippen LogP contribution >= 0.6 is 0 Å². The third-order valence-electron chi connectivity index (χ3n) is 6.77. The van der Waals surface area contributed by atoms with Gasteiger partial charge in [-0.25, -0.2) is 0 Å². The number of hydrogen-bond donors (Lipinski definition) is 1. The Kier molecular flexibility index (Phi) is 3.55. The number of carbonyl (C=O) groups excluding carboxylic acids is 1. The summed E-state index contributed by atoms with van der Waals surface area (Å²) >= 11 is 0. The first-order valence-electron chi connectivity index (χ1n) is 9.33. The molecule has 124 valence electrons. The first-order chi connectivity index (χ1) is 10.9. The van der Waals surface area contributed by atoms with E-state index in [9.17, 15) is 4.79 Å². The number of carbonyl (C=O) groups is 1. The summed E-state index contributed by atoms with van der Waals surface area (Å²) in [6.07, 6.45) is 7.59. The molecule has 4 bridgehead atoms. The smallest absolute Gasteiger partial charge is 0.226 e. The lowest BCUT2D eigenvalue weighted by molar-refractivity contribution is -0.147. The number of benzene rings is 1. The predicted molar refractivity (Wildman–Crippen MR) is 93.1 cm³/mol. The average molecular weight is 311 g/mol. The van der Waals surface area contributed by atoms with Gasteiger partial charge in [0.25, 0.3) is 0 Å². The second kappa shape index (κ2) is 5.36. The normalized spacial score (nSPS) is 36.0. The summed E-state index contributed by atoms with van der Waals surface area (Å²) in [4.78, 5) is 13.2. The average Bonchev–Trinajstić information content (AvgIpc) is 2.48. The Morgan fingerprint density at radius 2 is 1.65 bits per heavy atom. The van der Waals surface area contributed by atoms with Crippen molar-refractivity contribution >= 4 is 5.91 Å². The molecule has 4 saturated carbocycles. The molecule has 1 aromatic carbocycles. The summed E-state index contributed by atoms with van der Waals surface area (Å²) in [7, 11) is 0. The molecular weight excluding hydrogens is 282 g/mol. The fourth-order valence-electron chi connectivity index (χ4n) is 6.04. The van der Waals surface area contributed by atoms with Crippen LogP contribution in [0.25, 0.3) is 0 Å². The zero-order chi connectivity index (χ0) is 16.2. The first-order valence-corrected chi connectivity index (χ1v) is 9.33. The van der Waals surface area contributed by atoms with Gasteiger partial charge in [-0.15, -0.1) is 0 Å². The van der Waals surface area contributed by atoms with Gasteiger partial charge < -0.3 is 5.32 Å². The fourth-order valence-corrected chi connectivity index (χ4v) is 6.04. The van der Waals surface area contributed by atoms with E-state index in [1.54, 1.807) is 0 Å². The number of hydrogen-bond acceptors (Lipinski definition) is 1. The Morgan fingerprint density at radius 1 is 1.09 bits per heavy atom. The van der Waals surface area contributed by atoms with E-state index in [-0.39, 0.29) is 11.5 Å². The van der Waals surface area contributed by atoms with Gasteiger partial charge in [-0.1, -0.05) is 23.8 Å². The molecule has 0 unspecified atom stereocenters. The van der Waals surface area contributed by atoms with Crippen LogP contribution < -0.4 is 5.32 Å². The lowest BCUT2D eigenvalue weighted by Crippen LogP contribution is -2.53. The number of amides is 1. The molecule has 0 aliphatic heterocycles. The van der Waals surface area contributed by atoms with E-state index in [0.29, 0.717) is 5.91 Å². The maximum absolute atomic E-state index is 13.2. The highest BCUT2D eigenvalue weighted by molar-refractivity contribution is 5.83. The Balaban J connectivity index is 1.52. The van der Waals surface area contributed by atoms with Crippen molar-refractivity contribution in [3.8, 4) is 0 Å². The van der Waals surface area contributed by atoms with Gasteiger partial charge in [-0.2, -0.15) is 0 Å². The third-order valence-corrected chi connectivity index (χ3v) is 6.77. The number of nitrogens with one attached hydrogen (secondary N) is 1. The van der Waals surface area contributed by atoms with E-state index >= 15 is 0 Å². The molecule has 2 heteroatoms. The lowest BCUT2D eigenvalue weighted by Gasteiger charge is -2.55. The van der Waals surface area contributed by atoms with Crippen LogP contribution in [-0.4, -0.2) is 5.91 Å². The van der Waals surface area contributed by atoms with Crippen molar-refractivity contribution in [3.63, 3.8) is 0 Å². The molecule has 1 aromatic rings. The van der Waals surface area contributed by atoms with Crippen LogP contribution in [-0.2, 0) is 4.79 Å². The molecule has 4 aliphatic carbocycles. The van der Waals surface area contributed by atoms with Crippen LogP contribution in [0.15, 0.2) is 18.2 Å². The minimum absolute atomic E-state index is 0.0409. The minimum Gasteiger partial charge on any atom is -0.349 e. The molecule has 4 fully saturated rings. The standard InChI is InChI=1S/C21H29NO/c1-13-4-5-14(2)19(6-13)15(3)22-20(23)21-10-16-7-17(11-21)9-18(8-16)12-21/h4-6,15-18H,7-12H2,1-3H3,(H,22,23)/t15-,16?,17?,18?,21?/m1/s1. The van der Waals surface area contributed by atoms with Gasteiger partial charge in [0, 0.05) is 5.41 Å². The van der Waals surface area contributed by atoms with Crippen molar-refractivity contribution in [3.05, 3.63) is 34.9 Å². The Labute approximate surface area is 140 Å². The quantitative estimate of drug-likeness (QED) is 0.861. The van der Waals surface area contributed by atoms with E-state index < -0.39 is 0 Å². The highest BCUT2D eigenvalue weighted by Crippen LogP contribution is 2.60. The molecule has 0 saturated heterocycles. The molecule has 4 aliphatic rings. The van der Waals surface area contributed by atoms with E-state index in [2.05, 4.69) is 44.3 Å². The molecular formula is C21H29NO. The Bertz CT molecular complexity index is 597. The fraction of sp³-hybridized carbons (Fsp3) is 0.667. The van der Waals surface area contributed by atoms with E-state index in [4.69, 9.17) is 0 Å². The third kappa shape index (κ3) is 2.60. The van der Waals surface area contributed by atoms with E-state index in [0.717, 1.165) is 37.0 Å². The van der Waals surface area contributed by atoms with Crippen LogP contribution in [0.2, 0.25) is 0 Å². The van der Waals surface area contributed by atoms with Crippen molar-refractivity contribution in [1.82, 2.24) is 5.32 Å². The molecule has 23 heavy (non-hydrogen) atoms. The topological polar surface area (TPSA) is 29.1 Å². The summed E-state index contributed by atoms with van der Waals surface area (Å²) in [5.41, 5.74) is 3.76. The second-order valence-electron chi connectivity index (χ2n) is 8.75. The molecule has 1 atom stereocenters. The zero-order valence-electron chi connectivity index (χ0n) is 14.7. The summed E-state index contributed by atoms with van der Waals surface area (Å²) in [6, 6.07) is 6.64. The van der Waals surface area contributed by atoms with Crippen LogP contribution in [0.3, 0.4) is 0 Å². The minimum atomic E-state index is -0.0409. The summed E-state index contributed by atoms with van der Waals surface area (Å²) in [5.74, 6) is 2.80. The largest absolute Gasteiger partial charge is 0.349 e. The van der Waals surface area contributed by atoms with Gasteiger partial charge in [0.15, 0.2) is 0 Å².